The second-order valence-electron chi connectivity index (χ2n) is 4.97. The summed E-state index contributed by atoms with van der Waals surface area (Å²) in [4.78, 5) is 31.2. The number of ether oxygens (including phenoxy) is 1. The number of aromatic amines is 1. The first-order chi connectivity index (χ1) is 12.0. The second-order valence-corrected chi connectivity index (χ2v) is 5.94. The van der Waals surface area contributed by atoms with Crippen LogP contribution in [0.25, 0.3) is 10.9 Å². The van der Waals surface area contributed by atoms with Crippen molar-refractivity contribution >= 4 is 28.4 Å². The zero-order valence-electron chi connectivity index (χ0n) is 12.7. The molecule has 0 radical (unpaired) electrons. The van der Waals surface area contributed by atoms with Crippen LogP contribution < -0.4 is 10.3 Å². The molecule has 0 amide bonds. The number of Topliss-reactive ketones (excluding diaryl/α,β-unsaturated/α-hetero) is 1. The summed E-state index contributed by atoms with van der Waals surface area (Å²) in [6.45, 7) is -3.01. The molecule has 0 unspecified atom stereocenters. The maximum atomic E-state index is 12.4. The van der Waals surface area contributed by atoms with Gasteiger partial charge in [-0.05, 0) is 24.3 Å². The SMILES string of the molecule is O=C(CSc1nc2ccccc2c(=O)[nH]1)c1ccccc1OC(F)F. The standard InChI is InChI=1S/C17H12F2N2O3S/c18-16(19)24-14-8-4-2-6-11(14)13(22)9-25-17-20-12-7-3-1-5-10(12)15(23)21-17/h1-8,16H,9H2,(H,20,21,23). The number of alkyl halides is 2. The molecular weight excluding hydrogens is 350 g/mol. The van der Waals surface area contributed by atoms with E-state index < -0.39 is 12.4 Å². The third-order valence-corrected chi connectivity index (χ3v) is 4.21. The largest absolute Gasteiger partial charge is 0.434 e. The molecule has 1 aromatic heterocycles. The van der Waals surface area contributed by atoms with Crippen LogP contribution in [0.5, 0.6) is 5.75 Å². The van der Waals surface area contributed by atoms with Gasteiger partial charge in [0.15, 0.2) is 10.9 Å². The van der Waals surface area contributed by atoms with Gasteiger partial charge < -0.3 is 9.72 Å². The van der Waals surface area contributed by atoms with E-state index in [1.165, 1.54) is 18.2 Å². The Morgan fingerprint density at radius 3 is 2.68 bits per heavy atom. The molecule has 5 nitrogen and oxygen atoms in total. The molecule has 25 heavy (non-hydrogen) atoms. The molecule has 0 fully saturated rings. The smallest absolute Gasteiger partial charge is 0.387 e. The summed E-state index contributed by atoms with van der Waals surface area (Å²) in [5, 5.41) is 0.734. The Hall–Kier alpha value is -2.74. The van der Waals surface area contributed by atoms with Crippen molar-refractivity contribution < 1.29 is 18.3 Å². The topological polar surface area (TPSA) is 72.0 Å². The van der Waals surface area contributed by atoms with Gasteiger partial charge in [0.05, 0.1) is 22.2 Å². The molecule has 128 valence electrons. The lowest BCUT2D eigenvalue weighted by Crippen LogP contribution is -2.12. The van der Waals surface area contributed by atoms with Crippen LogP contribution >= 0.6 is 11.8 Å². The van der Waals surface area contributed by atoms with Crippen LogP contribution in [0.2, 0.25) is 0 Å². The minimum atomic E-state index is -3.01. The fourth-order valence-corrected chi connectivity index (χ4v) is 2.99. The molecule has 0 aliphatic rings. The van der Waals surface area contributed by atoms with Crippen LogP contribution in [0, 0.1) is 0 Å². The number of rotatable bonds is 6. The monoisotopic (exact) mass is 362 g/mol. The van der Waals surface area contributed by atoms with Gasteiger partial charge in [-0.25, -0.2) is 4.98 Å². The van der Waals surface area contributed by atoms with Gasteiger partial charge in [0.25, 0.3) is 5.56 Å². The first kappa shape index (κ1) is 17.1. The van der Waals surface area contributed by atoms with Crippen molar-refractivity contribution in [3.63, 3.8) is 0 Å². The van der Waals surface area contributed by atoms with E-state index >= 15 is 0 Å². The Morgan fingerprint density at radius 2 is 1.88 bits per heavy atom. The van der Waals surface area contributed by atoms with Crippen LogP contribution in [0.3, 0.4) is 0 Å². The van der Waals surface area contributed by atoms with Crippen molar-refractivity contribution in [2.45, 2.75) is 11.8 Å². The Balaban J connectivity index is 1.78. The maximum absolute atomic E-state index is 12.4. The molecule has 1 heterocycles. The molecule has 3 aromatic rings. The number of thioether (sulfide) groups is 1. The number of hydrogen-bond donors (Lipinski definition) is 1. The predicted molar refractivity (Wildman–Crippen MR) is 90.5 cm³/mol. The fourth-order valence-electron chi connectivity index (χ4n) is 2.24. The van der Waals surface area contributed by atoms with Crippen molar-refractivity contribution in [2.75, 3.05) is 5.75 Å². The number of para-hydroxylation sites is 2. The van der Waals surface area contributed by atoms with Crippen molar-refractivity contribution in [2.24, 2.45) is 0 Å². The van der Waals surface area contributed by atoms with Gasteiger partial charge in [-0.15, -0.1) is 0 Å². The number of halogens is 2. The Kier molecular flexibility index (Phi) is 5.08. The van der Waals surface area contributed by atoms with E-state index in [-0.39, 0.29) is 27.8 Å². The van der Waals surface area contributed by atoms with E-state index in [2.05, 4.69) is 14.7 Å². The highest BCUT2D eigenvalue weighted by Crippen LogP contribution is 2.23. The molecule has 1 N–H and O–H groups in total. The van der Waals surface area contributed by atoms with Crippen molar-refractivity contribution in [3.8, 4) is 5.75 Å². The summed E-state index contributed by atoms with van der Waals surface area (Å²) in [6, 6.07) is 12.6. The number of hydrogen-bond acceptors (Lipinski definition) is 5. The number of nitrogens with zero attached hydrogens (tertiary/aromatic N) is 1. The van der Waals surface area contributed by atoms with Crippen LogP contribution in [0.4, 0.5) is 8.78 Å². The zero-order valence-corrected chi connectivity index (χ0v) is 13.6. The van der Waals surface area contributed by atoms with E-state index in [0.717, 1.165) is 11.8 Å². The van der Waals surface area contributed by atoms with Gasteiger partial charge >= 0.3 is 6.61 Å². The molecule has 0 aliphatic heterocycles. The molecule has 8 heteroatoms. The van der Waals surface area contributed by atoms with Gasteiger partial charge in [0.1, 0.15) is 5.75 Å². The number of ketones is 1. The number of H-pyrrole nitrogens is 1. The molecule has 0 spiro atoms. The first-order valence-corrected chi connectivity index (χ1v) is 8.22. The Morgan fingerprint density at radius 1 is 1.16 bits per heavy atom. The van der Waals surface area contributed by atoms with Crippen molar-refractivity contribution in [3.05, 3.63) is 64.4 Å². The van der Waals surface area contributed by atoms with Gasteiger partial charge in [-0.2, -0.15) is 8.78 Å². The Labute approximate surface area is 145 Å². The number of carbonyl (C=O) groups is 1. The molecule has 2 aromatic carbocycles. The van der Waals surface area contributed by atoms with Crippen molar-refractivity contribution in [1.82, 2.24) is 9.97 Å². The molecular formula is C17H12F2N2O3S. The van der Waals surface area contributed by atoms with E-state index in [1.807, 2.05) is 0 Å². The minimum Gasteiger partial charge on any atom is -0.434 e. The third-order valence-electron chi connectivity index (χ3n) is 3.33. The molecule has 0 atom stereocenters. The summed E-state index contributed by atoms with van der Waals surface area (Å²) < 4.78 is 29.2. The fraction of sp³-hybridized carbons (Fsp3) is 0.118. The highest BCUT2D eigenvalue weighted by Gasteiger charge is 2.16. The van der Waals surface area contributed by atoms with Crippen LogP contribution in [-0.2, 0) is 0 Å². The number of benzene rings is 2. The number of carbonyl (C=O) groups excluding carboxylic acids is 1. The van der Waals surface area contributed by atoms with E-state index in [0.29, 0.717) is 10.9 Å². The van der Waals surface area contributed by atoms with Crippen LogP contribution in [0.15, 0.2) is 58.5 Å². The molecule has 0 saturated heterocycles. The minimum absolute atomic E-state index is 0.0541. The Bertz CT molecular complexity index is 975. The third kappa shape index (κ3) is 4.03. The van der Waals surface area contributed by atoms with E-state index in [1.54, 1.807) is 30.3 Å². The molecule has 0 bridgehead atoms. The summed E-state index contributed by atoms with van der Waals surface area (Å²) in [7, 11) is 0. The van der Waals surface area contributed by atoms with Gasteiger partial charge in [-0.1, -0.05) is 36.0 Å². The number of fused-ring (bicyclic) bond motifs is 1. The lowest BCUT2D eigenvalue weighted by Gasteiger charge is -2.09. The summed E-state index contributed by atoms with van der Waals surface area (Å²) in [5.74, 6) is -0.662. The van der Waals surface area contributed by atoms with E-state index in [9.17, 15) is 18.4 Å². The highest BCUT2D eigenvalue weighted by atomic mass is 32.2. The quantitative estimate of drug-likeness (QED) is 0.413. The first-order valence-electron chi connectivity index (χ1n) is 7.23. The van der Waals surface area contributed by atoms with Gasteiger partial charge in [0, 0.05) is 0 Å². The zero-order chi connectivity index (χ0) is 17.8. The molecule has 0 saturated carbocycles. The average Bonchev–Trinajstić information content (AvgIpc) is 2.60. The normalized spacial score (nSPS) is 11.0. The average molecular weight is 362 g/mol. The summed E-state index contributed by atoms with van der Waals surface area (Å²) >= 11 is 1.02. The lowest BCUT2D eigenvalue weighted by molar-refractivity contribution is -0.0501. The van der Waals surface area contributed by atoms with E-state index in [4.69, 9.17) is 0 Å². The van der Waals surface area contributed by atoms with Gasteiger partial charge in [-0.3, -0.25) is 9.59 Å². The maximum Gasteiger partial charge on any atom is 0.387 e. The number of aromatic nitrogens is 2. The molecule has 0 aliphatic carbocycles. The second kappa shape index (κ2) is 7.43. The molecule has 3 rings (SSSR count). The number of nitrogens with one attached hydrogen (secondary N) is 1. The van der Waals surface area contributed by atoms with Crippen LogP contribution in [0.1, 0.15) is 10.4 Å². The predicted octanol–water partition coefficient (Wildman–Crippen LogP) is 3.50. The van der Waals surface area contributed by atoms with Crippen molar-refractivity contribution in [1.29, 1.82) is 0 Å². The summed E-state index contributed by atoms with van der Waals surface area (Å²) in [6.07, 6.45) is 0. The lowest BCUT2D eigenvalue weighted by atomic mass is 10.1. The van der Waals surface area contributed by atoms with Crippen LogP contribution in [-0.4, -0.2) is 28.1 Å². The summed E-state index contributed by atoms with van der Waals surface area (Å²) in [5.41, 5.74) is 0.267. The van der Waals surface area contributed by atoms with Gasteiger partial charge in [0.2, 0.25) is 0 Å². The highest BCUT2D eigenvalue weighted by molar-refractivity contribution is 7.99.